The van der Waals surface area contributed by atoms with Crippen LogP contribution in [0.1, 0.15) is 30.2 Å². The van der Waals surface area contributed by atoms with Gasteiger partial charge in [0, 0.05) is 12.4 Å². The van der Waals surface area contributed by atoms with Crippen molar-refractivity contribution in [2.75, 3.05) is 0 Å². The van der Waals surface area contributed by atoms with Crippen molar-refractivity contribution in [2.24, 2.45) is 0 Å². The van der Waals surface area contributed by atoms with Crippen LogP contribution < -0.4 is 4.72 Å². The van der Waals surface area contributed by atoms with Crippen LogP contribution in [0.3, 0.4) is 0 Å². The molecule has 126 valence electrons. The van der Waals surface area contributed by atoms with Gasteiger partial charge in [0.05, 0.1) is 16.6 Å². The monoisotopic (exact) mass is 347 g/mol. The molecule has 0 amide bonds. The van der Waals surface area contributed by atoms with Gasteiger partial charge in [0.25, 0.3) is 0 Å². The third-order valence-corrected chi connectivity index (χ3v) is 5.16. The second-order valence-corrected chi connectivity index (χ2v) is 7.11. The number of sulfonamides is 1. The molecule has 2 aromatic heterocycles. The Morgan fingerprint density at radius 3 is 2.71 bits per heavy atom. The van der Waals surface area contributed by atoms with E-state index in [1.165, 1.54) is 0 Å². The lowest BCUT2D eigenvalue weighted by Gasteiger charge is -2.13. The van der Waals surface area contributed by atoms with E-state index < -0.39 is 16.1 Å². The lowest BCUT2D eigenvalue weighted by molar-refractivity contribution is 0.351. The first-order valence-corrected chi connectivity index (χ1v) is 8.78. The molecule has 0 saturated carbocycles. The summed E-state index contributed by atoms with van der Waals surface area (Å²) >= 11 is 0. The highest BCUT2D eigenvalue weighted by molar-refractivity contribution is 7.89. The van der Waals surface area contributed by atoms with Crippen molar-refractivity contribution in [1.29, 1.82) is 0 Å². The fourth-order valence-electron chi connectivity index (χ4n) is 2.28. The number of aromatic nitrogens is 4. The predicted molar refractivity (Wildman–Crippen MR) is 86.1 cm³/mol. The zero-order chi connectivity index (χ0) is 17.3. The van der Waals surface area contributed by atoms with Gasteiger partial charge < -0.3 is 4.52 Å². The summed E-state index contributed by atoms with van der Waals surface area (Å²) in [6.07, 6.45) is 3.38. The van der Waals surface area contributed by atoms with Crippen molar-refractivity contribution in [3.05, 3.63) is 53.9 Å². The fourth-order valence-corrected chi connectivity index (χ4v) is 3.74. The van der Waals surface area contributed by atoms with Crippen LogP contribution in [-0.4, -0.2) is 28.3 Å². The number of benzene rings is 1. The van der Waals surface area contributed by atoms with Crippen molar-refractivity contribution < 1.29 is 12.9 Å². The highest BCUT2D eigenvalue weighted by Gasteiger charge is 2.24. The number of hydrogen-bond donors (Lipinski definition) is 1. The normalized spacial score (nSPS) is 13.1. The minimum atomic E-state index is -3.76. The molecule has 2 heterocycles. The molecule has 1 N–H and O–H groups in total. The summed E-state index contributed by atoms with van der Waals surface area (Å²) < 4.78 is 34.7. The quantitative estimate of drug-likeness (QED) is 0.756. The van der Waals surface area contributed by atoms with Gasteiger partial charge in [0.15, 0.2) is 5.82 Å². The molecule has 24 heavy (non-hydrogen) atoms. The molecule has 1 unspecified atom stereocenters. The van der Waals surface area contributed by atoms with E-state index in [4.69, 9.17) is 4.52 Å². The van der Waals surface area contributed by atoms with Crippen molar-refractivity contribution >= 4 is 10.0 Å². The van der Waals surface area contributed by atoms with E-state index in [9.17, 15) is 8.42 Å². The van der Waals surface area contributed by atoms with Crippen LogP contribution in [0.5, 0.6) is 0 Å². The second-order valence-electron chi connectivity index (χ2n) is 5.42. The Morgan fingerprint density at radius 2 is 2.08 bits per heavy atom. The molecule has 0 spiro atoms. The number of rotatable bonds is 5. The number of aryl methyl sites for hydroxylation is 2. The molecule has 0 bridgehead atoms. The Balaban J connectivity index is 1.93. The van der Waals surface area contributed by atoms with Gasteiger partial charge in [-0.3, -0.25) is 0 Å². The smallest absolute Gasteiger partial charge is 0.244 e. The van der Waals surface area contributed by atoms with Crippen LogP contribution in [-0.2, 0) is 10.0 Å². The Morgan fingerprint density at radius 1 is 1.29 bits per heavy atom. The van der Waals surface area contributed by atoms with Gasteiger partial charge in [-0.2, -0.15) is 14.8 Å². The van der Waals surface area contributed by atoms with Crippen molar-refractivity contribution in [3.63, 3.8) is 0 Å². The minimum Gasteiger partial charge on any atom is -0.338 e. The van der Waals surface area contributed by atoms with E-state index in [2.05, 4.69) is 20.0 Å². The summed E-state index contributed by atoms with van der Waals surface area (Å²) in [4.78, 5) is 4.23. The summed E-state index contributed by atoms with van der Waals surface area (Å²) in [7, 11) is -3.76. The highest BCUT2D eigenvalue weighted by atomic mass is 32.2. The van der Waals surface area contributed by atoms with Gasteiger partial charge in [-0.25, -0.2) is 13.1 Å². The van der Waals surface area contributed by atoms with E-state index >= 15 is 0 Å². The average Bonchev–Trinajstić information content (AvgIpc) is 3.18. The van der Waals surface area contributed by atoms with Crippen LogP contribution in [0.4, 0.5) is 0 Å². The van der Waals surface area contributed by atoms with Gasteiger partial charge >= 0.3 is 0 Å². The fraction of sp³-hybridized carbons (Fsp3) is 0.267. The zero-order valence-electron chi connectivity index (χ0n) is 13.5. The topological polar surface area (TPSA) is 103 Å². The van der Waals surface area contributed by atoms with Gasteiger partial charge in [-0.15, -0.1) is 0 Å². The van der Waals surface area contributed by atoms with E-state index in [0.29, 0.717) is 17.1 Å². The first-order chi connectivity index (χ1) is 11.4. The Bertz CT molecular complexity index is 947. The third-order valence-electron chi connectivity index (χ3n) is 3.48. The van der Waals surface area contributed by atoms with Crippen molar-refractivity contribution in [2.45, 2.75) is 31.7 Å². The Kier molecular flexibility index (Phi) is 4.20. The van der Waals surface area contributed by atoms with Gasteiger partial charge in [0.2, 0.25) is 15.9 Å². The zero-order valence-corrected chi connectivity index (χ0v) is 14.3. The van der Waals surface area contributed by atoms with Gasteiger partial charge in [0.1, 0.15) is 0 Å². The maximum absolute atomic E-state index is 12.7. The molecule has 1 atom stereocenters. The first kappa shape index (κ1) is 16.3. The van der Waals surface area contributed by atoms with E-state index in [0.717, 1.165) is 0 Å². The molecule has 0 radical (unpaired) electrons. The number of hydrogen-bond acceptors (Lipinski definition) is 6. The third kappa shape index (κ3) is 3.22. The molecule has 9 heteroatoms. The van der Waals surface area contributed by atoms with Crippen LogP contribution in [0.25, 0.3) is 5.69 Å². The van der Waals surface area contributed by atoms with Crippen LogP contribution in [0.15, 0.2) is 46.1 Å². The number of nitrogens with zero attached hydrogens (tertiary/aromatic N) is 4. The van der Waals surface area contributed by atoms with E-state index in [1.54, 1.807) is 56.0 Å². The molecule has 0 saturated heterocycles. The van der Waals surface area contributed by atoms with Gasteiger partial charge in [-0.05, 0) is 44.5 Å². The summed E-state index contributed by atoms with van der Waals surface area (Å²) in [6.45, 7) is 5.06. The van der Waals surface area contributed by atoms with E-state index in [-0.39, 0.29) is 10.8 Å². The largest absolute Gasteiger partial charge is 0.338 e. The van der Waals surface area contributed by atoms with E-state index in [1.807, 2.05) is 6.07 Å². The molecule has 0 fully saturated rings. The lowest BCUT2D eigenvalue weighted by atomic mass is 10.2. The lowest BCUT2D eigenvalue weighted by Crippen LogP contribution is -2.27. The second kappa shape index (κ2) is 6.17. The SMILES string of the molecule is Cc1noc(C(C)NS(=O)(=O)c2cc(-n3cccn3)ccc2C)n1. The molecule has 1 aromatic carbocycles. The molecule has 0 aliphatic carbocycles. The molecular weight excluding hydrogens is 330 g/mol. The summed E-state index contributed by atoms with van der Waals surface area (Å²) in [6, 6.07) is 6.27. The molecular formula is C15H17N5O3S. The Hall–Kier alpha value is -2.52. The standard InChI is InChI=1S/C15H17N5O3S/c1-10-5-6-13(20-8-4-7-16-20)9-14(10)24(21,22)19-11(2)15-17-12(3)18-23-15/h4-9,11,19H,1-3H3. The summed E-state index contributed by atoms with van der Waals surface area (Å²) in [5.74, 6) is 0.671. The molecule has 8 nitrogen and oxygen atoms in total. The summed E-state index contributed by atoms with van der Waals surface area (Å²) in [5.41, 5.74) is 1.29. The highest BCUT2D eigenvalue weighted by Crippen LogP contribution is 2.21. The maximum Gasteiger partial charge on any atom is 0.244 e. The van der Waals surface area contributed by atoms with Crippen molar-refractivity contribution in [1.82, 2.24) is 24.6 Å². The molecule has 3 aromatic rings. The van der Waals surface area contributed by atoms with Crippen LogP contribution >= 0.6 is 0 Å². The molecule has 0 aliphatic rings. The molecule has 0 aliphatic heterocycles. The van der Waals surface area contributed by atoms with Crippen LogP contribution in [0.2, 0.25) is 0 Å². The van der Waals surface area contributed by atoms with Crippen LogP contribution in [0, 0.1) is 13.8 Å². The first-order valence-electron chi connectivity index (χ1n) is 7.30. The average molecular weight is 347 g/mol. The van der Waals surface area contributed by atoms with Gasteiger partial charge in [-0.1, -0.05) is 11.2 Å². The number of nitrogens with one attached hydrogen (secondary N) is 1. The Labute approximate surface area is 139 Å². The predicted octanol–water partition coefficient (Wildman–Crippen LogP) is 1.91. The van der Waals surface area contributed by atoms with Crippen molar-refractivity contribution in [3.8, 4) is 5.69 Å². The summed E-state index contributed by atoms with van der Waals surface area (Å²) in [5, 5.41) is 7.79. The molecule has 3 rings (SSSR count). The maximum atomic E-state index is 12.7. The minimum absolute atomic E-state index is 0.179.